The van der Waals surface area contributed by atoms with E-state index >= 15 is 0 Å². The van der Waals surface area contributed by atoms with Crippen LogP contribution in [0.5, 0.6) is 0 Å². The second kappa shape index (κ2) is 6.05. The van der Waals surface area contributed by atoms with Gasteiger partial charge >= 0.3 is 0 Å². The van der Waals surface area contributed by atoms with Crippen molar-refractivity contribution in [2.75, 3.05) is 11.5 Å². The van der Waals surface area contributed by atoms with Crippen molar-refractivity contribution in [1.29, 1.82) is 0 Å². The summed E-state index contributed by atoms with van der Waals surface area (Å²) in [5, 5.41) is 0. The third kappa shape index (κ3) is 3.59. The molecule has 0 N–H and O–H groups in total. The summed E-state index contributed by atoms with van der Waals surface area (Å²) in [4.78, 5) is 12.2. The summed E-state index contributed by atoms with van der Waals surface area (Å²) >= 11 is 5.47. The lowest BCUT2D eigenvalue weighted by Crippen LogP contribution is -2.14. The van der Waals surface area contributed by atoms with Crippen LogP contribution in [0.1, 0.15) is 35.2 Å². The van der Waals surface area contributed by atoms with Crippen LogP contribution in [0.3, 0.4) is 0 Å². The van der Waals surface area contributed by atoms with Gasteiger partial charge in [0, 0.05) is 16.5 Å². The van der Waals surface area contributed by atoms with Crippen LogP contribution >= 0.6 is 27.7 Å². The van der Waals surface area contributed by atoms with Gasteiger partial charge in [-0.2, -0.15) is 11.8 Å². The van der Waals surface area contributed by atoms with E-state index in [1.54, 1.807) is 0 Å². The molecule has 1 heterocycles. The van der Waals surface area contributed by atoms with Crippen LogP contribution in [0.4, 0.5) is 0 Å². The molecule has 0 bridgehead atoms. The molecule has 1 aromatic carbocycles. The Balaban J connectivity index is 2.01. The number of Topliss-reactive ketones (excluding diaryl/α,β-unsaturated/α-hetero) is 1. The summed E-state index contributed by atoms with van der Waals surface area (Å²) in [6.07, 6.45) is 3.12. The highest BCUT2D eigenvalue weighted by molar-refractivity contribution is 9.10. The Kier molecular flexibility index (Phi) is 4.69. The summed E-state index contributed by atoms with van der Waals surface area (Å²) in [6.45, 7) is 2.03. The summed E-state index contributed by atoms with van der Waals surface area (Å²) in [6, 6.07) is 5.89. The van der Waals surface area contributed by atoms with Crippen LogP contribution in [0, 0.1) is 12.8 Å². The minimum Gasteiger partial charge on any atom is -0.294 e. The topological polar surface area (TPSA) is 17.1 Å². The highest BCUT2D eigenvalue weighted by atomic mass is 79.9. The largest absolute Gasteiger partial charge is 0.294 e. The number of ketones is 1. The first kappa shape index (κ1) is 13.2. The summed E-state index contributed by atoms with van der Waals surface area (Å²) in [7, 11) is 0. The molecule has 2 rings (SSSR count). The molecule has 0 amide bonds. The van der Waals surface area contributed by atoms with Gasteiger partial charge in [0.25, 0.3) is 0 Å². The second-order valence-electron chi connectivity index (χ2n) is 4.65. The summed E-state index contributed by atoms with van der Waals surface area (Å²) < 4.78 is 1.07. The van der Waals surface area contributed by atoms with Crippen molar-refractivity contribution < 1.29 is 4.79 Å². The quantitative estimate of drug-likeness (QED) is 0.766. The average Bonchev–Trinajstić information content (AvgIpc) is 2.34. The normalized spacial score (nSPS) is 17.1. The van der Waals surface area contributed by atoms with E-state index in [1.807, 2.05) is 36.9 Å². The minimum atomic E-state index is 0.303. The molecule has 0 radical (unpaired) electrons. The number of aryl methyl sites for hydroxylation is 1. The monoisotopic (exact) mass is 312 g/mol. The zero-order valence-electron chi connectivity index (χ0n) is 10.0. The number of hydrogen-bond acceptors (Lipinski definition) is 2. The molecule has 1 aromatic rings. The van der Waals surface area contributed by atoms with Crippen LogP contribution in [0.15, 0.2) is 22.7 Å². The van der Waals surface area contributed by atoms with E-state index in [9.17, 15) is 4.79 Å². The SMILES string of the molecule is Cc1cc(C(=O)CC2CCSCC2)ccc1Br. The number of hydrogen-bond donors (Lipinski definition) is 0. The highest BCUT2D eigenvalue weighted by Crippen LogP contribution is 2.27. The molecule has 0 spiro atoms. The van der Waals surface area contributed by atoms with E-state index < -0.39 is 0 Å². The predicted molar refractivity (Wildman–Crippen MR) is 77.9 cm³/mol. The van der Waals surface area contributed by atoms with Crippen LogP contribution < -0.4 is 0 Å². The fourth-order valence-corrected chi connectivity index (χ4v) is 3.60. The first-order valence-corrected chi connectivity index (χ1v) is 7.98. The van der Waals surface area contributed by atoms with Crippen molar-refractivity contribution in [2.45, 2.75) is 26.2 Å². The van der Waals surface area contributed by atoms with E-state index in [4.69, 9.17) is 0 Å². The van der Waals surface area contributed by atoms with E-state index in [0.29, 0.717) is 11.7 Å². The lowest BCUT2D eigenvalue weighted by atomic mass is 9.93. The maximum atomic E-state index is 12.2. The van der Waals surface area contributed by atoms with Crippen LogP contribution in [0.25, 0.3) is 0 Å². The zero-order valence-corrected chi connectivity index (χ0v) is 12.4. The van der Waals surface area contributed by atoms with Crippen molar-refractivity contribution in [1.82, 2.24) is 0 Å². The van der Waals surface area contributed by atoms with Crippen molar-refractivity contribution in [2.24, 2.45) is 5.92 Å². The Hall–Kier alpha value is -0.280. The number of carbonyl (C=O) groups is 1. The smallest absolute Gasteiger partial charge is 0.163 e. The number of halogens is 1. The third-order valence-corrected chi connectivity index (χ3v) is 5.23. The molecule has 0 saturated carbocycles. The van der Waals surface area contributed by atoms with E-state index in [-0.39, 0.29) is 0 Å². The Morgan fingerprint density at radius 2 is 2.12 bits per heavy atom. The van der Waals surface area contributed by atoms with Gasteiger partial charge in [0.2, 0.25) is 0 Å². The van der Waals surface area contributed by atoms with Gasteiger partial charge in [0.1, 0.15) is 0 Å². The van der Waals surface area contributed by atoms with Gasteiger partial charge in [-0.15, -0.1) is 0 Å². The molecule has 17 heavy (non-hydrogen) atoms. The molecular weight excluding hydrogens is 296 g/mol. The molecule has 3 heteroatoms. The molecule has 1 nitrogen and oxygen atoms in total. The first-order chi connectivity index (χ1) is 8.16. The van der Waals surface area contributed by atoms with E-state index in [2.05, 4.69) is 15.9 Å². The molecule has 1 aliphatic heterocycles. The minimum absolute atomic E-state index is 0.303. The molecule has 1 saturated heterocycles. The number of rotatable bonds is 3. The maximum absolute atomic E-state index is 12.2. The van der Waals surface area contributed by atoms with Gasteiger partial charge in [-0.05, 0) is 54.9 Å². The molecule has 1 fully saturated rings. The lowest BCUT2D eigenvalue weighted by Gasteiger charge is -2.20. The highest BCUT2D eigenvalue weighted by Gasteiger charge is 2.18. The lowest BCUT2D eigenvalue weighted by molar-refractivity contribution is 0.0958. The predicted octanol–water partition coefficient (Wildman–Crippen LogP) is 4.47. The molecule has 92 valence electrons. The van der Waals surface area contributed by atoms with Gasteiger partial charge in [-0.3, -0.25) is 4.79 Å². The van der Waals surface area contributed by atoms with Gasteiger partial charge in [0.05, 0.1) is 0 Å². The molecular formula is C14H17BrOS. The number of benzene rings is 1. The van der Waals surface area contributed by atoms with Crippen LogP contribution in [-0.2, 0) is 0 Å². The Morgan fingerprint density at radius 3 is 2.76 bits per heavy atom. The fourth-order valence-electron chi connectivity index (χ4n) is 2.15. The molecule has 0 aliphatic carbocycles. The second-order valence-corrected chi connectivity index (χ2v) is 6.73. The van der Waals surface area contributed by atoms with Crippen molar-refractivity contribution in [3.63, 3.8) is 0 Å². The van der Waals surface area contributed by atoms with Crippen molar-refractivity contribution in [3.05, 3.63) is 33.8 Å². The molecule has 0 aromatic heterocycles. The summed E-state index contributed by atoms with van der Waals surface area (Å²) in [5.41, 5.74) is 2.00. The zero-order chi connectivity index (χ0) is 12.3. The fraction of sp³-hybridized carbons (Fsp3) is 0.500. The maximum Gasteiger partial charge on any atom is 0.163 e. The van der Waals surface area contributed by atoms with Crippen LogP contribution in [0.2, 0.25) is 0 Å². The average molecular weight is 313 g/mol. The standard InChI is InChI=1S/C14H17BrOS/c1-10-8-12(2-3-13(10)15)14(16)9-11-4-6-17-7-5-11/h2-3,8,11H,4-7,9H2,1H3. The van der Waals surface area contributed by atoms with E-state index in [0.717, 1.165) is 22.0 Å². The van der Waals surface area contributed by atoms with Crippen molar-refractivity contribution >= 4 is 33.5 Å². The molecule has 1 aliphatic rings. The molecule has 0 unspecified atom stereocenters. The number of carbonyl (C=O) groups excluding carboxylic acids is 1. The Bertz CT molecular complexity index is 411. The molecule has 0 atom stereocenters. The van der Waals surface area contributed by atoms with Crippen LogP contribution in [-0.4, -0.2) is 17.3 Å². The summed E-state index contributed by atoms with van der Waals surface area (Å²) in [5.74, 6) is 3.35. The third-order valence-electron chi connectivity index (χ3n) is 3.29. The van der Waals surface area contributed by atoms with Gasteiger partial charge < -0.3 is 0 Å². The Morgan fingerprint density at radius 1 is 1.41 bits per heavy atom. The number of thioether (sulfide) groups is 1. The van der Waals surface area contributed by atoms with E-state index in [1.165, 1.54) is 24.3 Å². The van der Waals surface area contributed by atoms with Gasteiger partial charge in [-0.1, -0.05) is 22.0 Å². The van der Waals surface area contributed by atoms with Crippen molar-refractivity contribution in [3.8, 4) is 0 Å². The van der Waals surface area contributed by atoms with Gasteiger partial charge in [-0.25, -0.2) is 0 Å². The Labute approximate surface area is 115 Å². The first-order valence-electron chi connectivity index (χ1n) is 6.04. The van der Waals surface area contributed by atoms with Gasteiger partial charge in [0.15, 0.2) is 5.78 Å².